The van der Waals surface area contributed by atoms with Crippen molar-refractivity contribution in [2.24, 2.45) is 0 Å². The first-order valence-corrected chi connectivity index (χ1v) is 14.2. The van der Waals surface area contributed by atoms with Crippen molar-refractivity contribution in [1.82, 2.24) is 0 Å². The fourth-order valence-corrected chi connectivity index (χ4v) is 8.38. The number of hydrogen-bond acceptors (Lipinski definition) is 4. The molecule has 0 aliphatic rings. The van der Waals surface area contributed by atoms with E-state index in [2.05, 4.69) is 26.1 Å². The molecular weight excluding hydrogens is 433 g/mol. The van der Waals surface area contributed by atoms with Crippen LogP contribution in [-0.2, 0) is 20.9 Å². The third-order valence-corrected chi connectivity index (χ3v) is 11.7. The molecule has 0 saturated carbocycles. The van der Waals surface area contributed by atoms with Crippen molar-refractivity contribution in [2.45, 2.75) is 59.7 Å². The van der Waals surface area contributed by atoms with Crippen LogP contribution in [-0.4, -0.2) is 43.1 Å². The molecule has 0 bridgehead atoms. The Morgan fingerprint density at radius 3 is 2.12 bits per heavy atom. The first-order valence-electron chi connectivity index (χ1n) is 11.8. The van der Waals surface area contributed by atoms with Gasteiger partial charge in [-0.25, -0.2) is 4.79 Å². The van der Waals surface area contributed by atoms with Crippen molar-refractivity contribution in [3.63, 3.8) is 0 Å². The first-order chi connectivity index (χ1) is 15.8. The van der Waals surface area contributed by atoms with Gasteiger partial charge in [0.2, 0.25) is 0 Å². The predicted molar refractivity (Wildman–Crippen MR) is 139 cm³/mol. The molecule has 0 aromatic heterocycles. The second-order valence-electron chi connectivity index (χ2n) is 8.59. The Morgan fingerprint density at radius 2 is 1.61 bits per heavy atom. The van der Waals surface area contributed by atoms with Gasteiger partial charge >= 0.3 is 5.97 Å². The molecule has 0 aliphatic heterocycles. The van der Waals surface area contributed by atoms with Crippen LogP contribution in [0.25, 0.3) is 0 Å². The molecule has 1 atom stereocenters. The molecule has 0 aliphatic carbocycles. The molecule has 2 rings (SSSR count). The summed E-state index contributed by atoms with van der Waals surface area (Å²) in [6.45, 7) is 10.5. The lowest BCUT2D eigenvalue weighted by Gasteiger charge is -2.32. The third-order valence-electron chi connectivity index (χ3n) is 6.46. The zero-order valence-electron chi connectivity index (χ0n) is 20.9. The van der Waals surface area contributed by atoms with Crippen molar-refractivity contribution in [2.75, 3.05) is 30.9 Å². The van der Waals surface area contributed by atoms with Gasteiger partial charge < -0.3 is 14.8 Å². The van der Waals surface area contributed by atoms with E-state index in [1.165, 1.54) is 0 Å². The zero-order chi connectivity index (χ0) is 24.4. The van der Waals surface area contributed by atoms with E-state index < -0.39 is 7.26 Å². The lowest BCUT2D eigenvalue weighted by molar-refractivity contribution is -0.141. The summed E-state index contributed by atoms with van der Waals surface area (Å²) in [6, 6.07) is 13.6. The van der Waals surface area contributed by atoms with Gasteiger partial charge in [0.15, 0.2) is 6.16 Å². The number of benzene rings is 2. The number of ether oxygens (including phenoxy) is 2. The Kier molecular flexibility index (Phi) is 10.4. The van der Waals surface area contributed by atoms with Crippen LogP contribution in [0, 0.1) is 13.8 Å². The maximum atomic E-state index is 13.6. The van der Waals surface area contributed by atoms with Gasteiger partial charge in [-0.2, -0.15) is 0 Å². The largest absolute Gasteiger partial charge is 0.497 e. The Morgan fingerprint density at radius 1 is 1.00 bits per heavy atom. The SMILES string of the molecule is CCCC(C(=O)Nc1c(C)cc(OC)cc1C)[P+](CC)(CC)CC(=O)OCc1ccccc1. The molecule has 2 aromatic rings. The van der Waals surface area contributed by atoms with Crippen LogP contribution < -0.4 is 10.1 Å². The number of aryl methyl sites for hydroxylation is 2. The average Bonchev–Trinajstić information content (AvgIpc) is 2.82. The average molecular weight is 473 g/mol. The van der Waals surface area contributed by atoms with E-state index in [1.54, 1.807) is 7.11 Å². The van der Waals surface area contributed by atoms with Gasteiger partial charge in [0.25, 0.3) is 5.91 Å². The highest BCUT2D eigenvalue weighted by Gasteiger charge is 2.48. The predicted octanol–water partition coefficient (Wildman–Crippen LogP) is 6.22. The van der Waals surface area contributed by atoms with Gasteiger partial charge in [-0.15, -0.1) is 0 Å². The molecule has 0 fully saturated rings. The van der Waals surface area contributed by atoms with Crippen molar-refractivity contribution in [3.8, 4) is 5.75 Å². The van der Waals surface area contributed by atoms with Gasteiger partial charge in [0.05, 0.1) is 19.4 Å². The number of carbonyl (C=O) groups excluding carboxylic acids is 2. The van der Waals surface area contributed by atoms with E-state index in [4.69, 9.17) is 9.47 Å². The van der Waals surface area contributed by atoms with Crippen LogP contribution in [0.2, 0.25) is 0 Å². The van der Waals surface area contributed by atoms with Crippen molar-refractivity contribution in [1.29, 1.82) is 0 Å². The van der Waals surface area contributed by atoms with Gasteiger partial charge in [0, 0.05) is 12.9 Å². The molecule has 180 valence electrons. The summed E-state index contributed by atoms with van der Waals surface area (Å²) in [7, 11) is -0.271. The molecule has 1 N–H and O–H groups in total. The summed E-state index contributed by atoms with van der Waals surface area (Å²) in [4.78, 5) is 26.5. The van der Waals surface area contributed by atoms with Crippen LogP contribution in [0.15, 0.2) is 42.5 Å². The first kappa shape index (κ1) is 26.9. The Bertz CT molecular complexity index is 902. The topological polar surface area (TPSA) is 64.6 Å². The molecule has 33 heavy (non-hydrogen) atoms. The maximum Gasteiger partial charge on any atom is 0.344 e. The molecule has 0 saturated heterocycles. The summed E-state index contributed by atoms with van der Waals surface area (Å²) in [5, 5.41) is 3.20. The number of rotatable bonds is 12. The maximum absolute atomic E-state index is 13.6. The molecule has 0 heterocycles. The summed E-state index contributed by atoms with van der Waals surface area (Å²) in [5.74, 6) is 0.584. The van der Waals surface area contributed by atoms with Gasteiger partial charge in [0.1, 0.15) is 18.0 Å². The second kappa shape index (κ2) is 12.7. The number of anilines is 1. The molecule has 1 unspecified atom stereocenters. The molecule has 2 aromatic carbocycles. The molecule has 1 amide bonds. The number of hydrogen-bond donors (Lipinski definition) is 1. The Labute approximate surface area is 199 Å². The standard InChI is InChI=1S/C27H38NO4P/c1-7-13-24(27(30)28-26-20(4)16-23(31-6)17-21(26)5)33(8-2,9-3)19-25(29)32-18-22-14-11-10-12-15-22/h10-12,14-17,24H,7-9,13,18-19H2,1-6H3/p+1. The van der Waals surface area contributed by atoms with Crippen LogP contribution >= 0.6 is 7.26 Å². The zero-order valence-corrected chi connectivity index (χ0v) is 21.8. The second-order valence-corrected chi connectivity index (χ2v) is 13.2. The molecule has 6 heteroatoms. The monoisotopic (exact) mass is 472 g/mol. The quantitative estimate of drug-likeness (QED) is 0.294. The van der Waals surface area contributed by atoms with E-state index in [-0.39, 0.29) is 24.1 Å². The van der Waals surface area contributed by atoms with Crippen molar-refractivity contribution < 1.29 is 19.1 Å². The highest BCUT2D eigenvalue weighted by atomic mass is 31.2. The summed E-state index contributed by atoms with van der Waals surface area (Å²) >= 11 is 0. The third kappa shape index (κ3) is 7.04. The number of nitrogens with one attached hydrogen (secondary N) is 1. The van der Waals surface area contributed by atoms with Gasteiger partial charge in [-0.05, 0) is 62.9 Å². The van der Waals surface area contributed by atoms with Crippen molar-refractivity contribution in [3.05, 3.63) is 59.2 Å². The lowest BCUT2D eigenvalue weighted by Crippen LogP contribution is -2.35. The smallest absolute Gasteiger partial charge is 0.344 e. The van der Waals surface area contributed by atoms with Gasteiger partial charge in [-0.3, -0.25) is 4.79 Å². The Balaban J connectivity index is 2.22. The van der Waals surface area contributed by atoms with E-state index in [0.29, 0.717) is 6.16 Å². The summed E-state index contributed by atoms with van der Waals surface area (Å²) in [6.07, 6.45) is 3.66. The molecular formula is C27H39NO4P+. The summed E-state index contributed by atoms with van der Waals surface area (Å²) < 4.78 is 11.0. The van der Waals surface area contributed by atoms with Crippen LogP contribution in [0.1, 0.15) is 50.3 Å². The van der Waals surface area contributed by atoms with E-state index in [0.717, 1.165) is 53.3 Å². The van der Waals surface area contributed by atoms with E-state index in [1.807, 2.05) is 56.3 Å². The minimum absolute atomic E-state index is 0.0149. The number of amides is 1. The Hall–Kier alpha value is -2.39. The molecule has 0 spiro atoms. The van der Waals surface area contributed by atoms with Crippen LogP contribution in [0.3, 0.4) is 0 Å². The molecule has 5 nitrogen and oxygen atoms in total. The number of carbonyl (C=O) groups is 2. The highest BCUT2D eigenvalue weighted by molar-refractivity contribution is 7.78. The lowest BCUT2D eigenvalue weighted by atomic mass is 10.1. The fraction of sp³-hybridized carbons (Fsp3) is 0.481. The van der Waals surface area contributed by atoms with Gasteiger partial charge in [-0.1, -0.05) is 43.7 Å². The fourth-order valence-electron chi connectivity index (χ4n) is 4.41. The van der Waals surface area contributed by atoms with E-state index in [9.17, 15) is 9.59 Å². The minimum atomic E-state index is -1.91. The van der Waals surface area contributed by atoms with Crippen LogP contribution in [0.4, 0.5) is 5.69 Å². The highest BCUT2D eigenvalue weighted by Crippen LogP contribution is 2.64. The van der Waals surface area contributed by atoms with Crippen LogP contribution in [0.5, 0.6) is 5.75 Å². The van der Waals surface area contributed by atoms with Crippen molar-refractivity contribution >= 4 is 24.8 Å². The summed E-state index contributed by atoms with van der Waals surface area (Å²) in [5.41, 5.74) is 3.56. The normalized spacial score (nSPS) is 12.2. The minimum Gasteiger partial charge on any atom is -0.497 e. The molecule has 0 radical (unpaired) electrons. The number of esters is 1. The van der Waals surface area contributed by atoms with E-state index >= 15 is 0 Å². The number of methoxy groups -OCH3 is 1.